The van der Waals surface area contributed by atoms with E-state index in [4.69, 9.17) is 9.15 Å². The largest absolute Gasteiger partial charge is 0.480 e. The Bertz CT molecular complexity index is 771. The number of nitrogens with zero attached hydrogens (tertiary/aromatic N) is 2. The molecule has 2 heterocycles. The maximum Gasteiger partial charge on any atom is 0.326 e. The highest BCUT2D eigenvalue weighted by molar-refractivity contribution is 5.85. The van der Waals surface area contributed by atoms with Crippen molar-refractivity contribution < 1.29 is 23.8 Å². The topological polar surface area (TPSA) is 92.9 Å². The molecular formula is C18H20N2O5. The molecule has 25 heavy (non-hydrogen) atoms. The van der Waals surface area contributed by atoms with Crippen molar-refractivity contribution in [3.63, 3.8) is 0 Å². The Morgan fingerprint density at radius 2 is 2.08 bits per heavy atom. The summed E-state index contributed by atoms with van der Waals surface area (Å²) in [5.41, 5.74) is 1.35. The molecule has 1 aliphatic heterocycles. The predicted octanol–water partition coefficient (Wildman–Crippen LogP) is 1.89. The molecule has 132 valence electrons. The number of likely N-dealkylation sites (tertiary alicyclic amines) is 1. The fraction of sp³-hybridized carbons (Fsp3) is 0.389. The van der Waals surface area contributed by atoms with Crippen LogP contribution in [0.4, 0.5) is 0 Å². The highest BCUT2D eigenvalue weighted by atomic mass is 16.5. The van der Waals surface area contributed by atoms with Gasteiger partial charge in [-0.05, 0) is 19.1 Å². The molecule has 0 spiro atoms. The van der Waals surface area contributed by atoms with E-state index in [1.807, 2.05) is 30.3 Å². The van der Waals surface area contributed by atoms with Crippen molar-refractivity contribution in [2.75, 3.05) is 13.7 Å². The van der Waals surface area contributed by atoms with Crippen molar-refractivity contribution >= 4 is 11.9 Å². The summed E-state index contributed by atoms with van der Waals surface area (Å²) in [6.07, 6.45) is 0.0378. The van der Waals surface area contributed by atoms with Crippen LogP contribution in [0.2, 0.25) is 0 Å². The number of amides is 1. The minimum absolute atomic E-state index is 0.00236. The first-order valence-electron chi connectivity index (χ1n) is 8.06. The van der Waals surface area contributed by atoms with E-state index in [2.05, 4.69) is 4.98 Å². The maximum absolute atomic E-state index is 12.6. The molecule has 2 unspecified atom stereocenters. The third-order valence-corrected chi connectivity index (χ3v) is 4.43. The Hall–Kier alpha value is -2.67. The van der Waals surface area contributed by atoms with E-state index in [1.165, 1.54) is 12.0 Å². The number of ether oxygens (including phenoxy) is 1. The molecule has 7 heteroatoms. The van der Waals surface area contributed by atoms with Crippen molar-refractivity contribution in [2.24, 2.45) is 0 Å². The number of rotatable bonds is 5. The van der Waals surface area contributed by atoms with Crippen molar-refractivity contribution in [1.29, 1.82) is 0 Å². The van der Waals surface area contributed by atoms with Crippen LogP contribution in [0.1, 0.15) is 17.9 Å². The van der Waals surface area contributed by atoms with Gasteiger partial charge in [0.15, 0.2) is 0 Å². The lowest BCUT2D eigenvalue weighted by atomic mass is 10.2. The molecule has 1 N–H and O–H groups in total. The molecule has 1 aliphatic rings. The molecule has 0 bridgehead atoms. The number of oxazole rings is 1. The van der Waals surface area contributed by atoms with Gasteiger partial charge in [0.1, 0.15) is 11.8 Å². The molecule has 1 aromatic carbocycles. The van der Waals surface area contributed by atoms with E-state index < -0.39 is 12.0 Å². The van der Waals surface area contributed by atoms with Gasteiger partial charge in [0.2, 0.25) is 11.8 Å². The number of carbonyl (C=O) groups is 2. The Balaban J connectivity index is 1.77. The Kier molecular flexibility index (Phi) is 4.85. The lowest BCUT2D eigenvalue weighted by Gasteiger charge is -2.20. The van der Waals surface area contributed by atoms with Gasteiger partial charge in [-0.1, -0.05) is 18.2 Å². The number of hydrogen-bond acceptors (Lipinski definition) is 5. The van der Waals surface area contributed by atoms with Gasteiger partial charge >= 0.3 is 5.97 Å². The van der Waals surface area contributed by atoms with Crippen LogP contribution in [0.15, 0.2) is 34.7 Å². The Morgan fingerprint density at radius 3 is 2.72 bits per heavy atom. The molecule has 0 saturated carbocycles. The average molecular weight is 344 g/mol. The number of hydrogen-bond donors (Lipinski definition) is 1. The highest BCUT2D eigenvalue weighted by Gasteiger charge is 2.40. The molecule has 1 fully saturated rings. The van der Waals surface area contributed by atoms with Crippen molar-refractivity contribution in [3.05, 3.63) is 41.8 Å². The van der Waals surface area contributed by atoms with E-state index in [0.29, 0.717) is 23.8 Å². The monoisotopic (exact) mass is 344 g/mol. The second kappa shape index (κ2) is 7.06. The lowest BCUT2D eigenvalue weighted by molar-refractivity contribution is -0.148. The van der Waals surface area contributed by atoms with Crippen LogP contribution in [-0.2, 0) is 20.7 Å². The summed E-state index contributed by atoms with van der Waals surface area (Å²) in [6, 6.07) is 8.55. The third kappa shape index (κ3) is 3.56. The molecule has 1 amide bonds. The normalized spacial score (nSPS) is 20.0. The first-order valence-corrected chi connectivity index (χ1v) is 8.06. The van der Waals surface area contributed by atoms with E-state index in [9.17, 15) is 14.7 Å². The number of carboxylic acids is 1. The van der Waals surface area contributed by atoms with Crippen LogP contribution in [0.25, 0.3) is 11.5 Å². The Morgan fingerprint density at radius 1 is 1.36 bits per heavy atom. The van der Waals surface area contributed by atoms with Gasteiger partial charge in [-0.2, -0.15) is 0 Å². The fourth-order valence-electron chi connectivity index (χ4n) is 3.02. The summed E-state index contributed by atoms with van der Waals surface area (Å²) in [5, 5.41) is 9.34. The number of aromatic nitrogens is 1. The van der Waals surface area contributed by atoms with Crippen LogP contribution >= 0.6 is 0 Å². The molecule has 2 aromatic rings. The van der Waals surface area contributed by atoms with Crippen LogP contribution < -0.4 is 0 Å². The third-order valence-electron chi connectivity index (χ3n) is 4.43. The van der Waals surface area contributed by atoms with Gasteiger partial charge in [0.25, 0.3) is 0 Å². The molecule has 1 saturated heterocycles. The van der Waals surface area contributed by atoms with E-state index in [-0.39, 0.29) is 25.0 Å². The molecule has 1 aromatic heterocycles. The zero-order valence-electron chi connectivity index (χ0n) is 14.1. The molecule has 3 rings (SSSR count). The number of aryl methyl sites for hydroxylation is 1. The highest BCUT2D eigenvalue weighted by Crippen LogP contribution is 2.24. The molecule has 0 radical (unpaired) electrons. The summed E-state index contributed by atoms with van der Waals surface area (Å²) < 4.78 is 10.9. The van der Waals surface area contributed by atoms with Crippen LogP contribution in [-0.4, -0.2) is 52.7 Å². The molecule has 0 aliphatic carbocycles. The van der Waals surface area contributed by atoms with Crippen molar-refractivity contribution in [2.45, 2.75) is 31.9 Å². The summed E-state index contributed by atoms with van der Waals surface area (Å²) in [4.78, 5) is 29.8. The molecular weight excluding hydrogens is 324 g/mol. The number of carbonyl (C=O) groups excluding carboxylic acids is 1. The van der Waals surface area contributed by atoms with Crippen LogP contribution in [0.5, 0.6) is 0 Å². The zero-order valence-corrected chi connectivity index (χ0v) is 14.1. The van der Waals surface area contributed by atoms with Gasteiger partial charge in [-0.25, -0.2) is 9.78 Å². The SMILES string of the molecule is COC1CC(C(=O)O)N(C(=O)Cc2nc(-c3ccccc3)oc2C)C1. The summed E-state index contributed by atoms with van der Waals surface area (Å²) >= 11 is 0. The van der Waals surface area contributed by atoms with Crippen molar-refractivity contribution in [3.8, 4) is 11.5 Å². The second-order valence-electron chi connectivity index (χ2n) is 6.06. The van der Waals surface area contributed by atoms with E-state index in [1.54, 1.807) is 6.92 Å². The lowest BCUT2D eigenvalue weighted by Crippen LogP contribution is -2.41. The molecule has 2 atom stereocenters. The minimum Gasteiger partial charge on any atom is -0.480 e. The summed E-state index contributed by atoms with van der Waals surface area (Å²) in [6.45, 7) is 2.02. The first kappa shape index (κ1) is 17.2. The maximum atomic E-state index is 12.6. The Labute approximate surface area is 145 Å². The van der Waals surface area contributed by atoms with Gasteiger partial charge < -0.3 is 19.2 Å². The number of aliphatic carboxylic acids is 1. The number of methoxy groups -OCH3 is 1. The average Bonchev–Trinajstić information content (AvgIpc) is 3.20. The van der Waals surface area contributed by atoms with Gasteiger partial charge in [0, 0.05) is 25.6 Å². The van der Waals surface area contributed by atoms with Gasteiger partial charge in [-0.3, -0.25) is 4.79 Å². The van der Waals surface area contributed by atoms with Crippen LogP contribution in [0, 0.1) is 6.92 Å². The minimum atomic E-state index is -1.02. The smallest absolute Gasteiger partial charge is 0.326 e. The van der Waals surface area contributed by atoms with Crippen molar-refractivity contribution in [1.82, 2.24) is 9.88 Å². The quantitative estimate of drug-likeness (QED) is 0.890. The number of carboxylic acid groups (broad SMARTS) is 1. The predicted molar refractivity (Wildman–Crippen MR) is 88.9 cm³/mol. The summed E-state index contributed by atoms with van der Waals surface area (Å²) in [7, 11) is 1.52. The van der Waals surface area contributed by atoms with E-state index >= 15 is 0 Å². The van der Waals surface area contributed by atoms with E-state index in [0.717, 1.165) is 5.56 Å². The van der Waals surface area contributed by atoms with Crippen LogP contribution in [0.3, 0.4) is 0 Å². The summed E-state index contributed by atoms with van der Waals surface area (Å²) in [5.74, 6) is -0.300. The van der Waals surface area contributed by atoms with Gasteiger partial charge in [0.05, 0.1) is 18.2 Å². The first-order chi connectivity index (χ1) is 12.0. The number of benzene rings is 1. The standard InChI is InChI=1S/C18H20N2O5/c1-11-14(19-17(25-11)12-6-4-3-5-7-12)9-16(21)20-10-13(24-2)8-15(20)18(22)23/h3-7,13,15H,8-10H2,1-2H3,(H,22,23). The molecule has 7 nitrogen and oxygen atoms in total. The zero-order chi connectivity index (χ0) is 18.0. The fourth-order valence-corrected chi connectivity index (χ4v) is 3.02. The second-order valence-corrected chi connectivity index (χ2v) is 6.06. The van der Waals surface area contributed by atoms with Gasteiger partial charge in [-0.15, -0.1) is 0 Å².